The van der Waals surface area contributed by atoms with Crippen LogP contribution in [0.1, 0.15) is 31.2 Å². The van der Waals surface area contributed by atoms with Crippen LogP contribution in [0.25, 0.3) is 0 Å². The van der Waals surface area contributed by atoms with Gasteiger partial charge in [-0.3, -0.25) is 9.78 Å². The van der Waals surface area contributed by atoms with Crippen molar-refractivity contribution in [2.24, 2.45) is 0 Å². The van der Waals surface area contributed by atoms with Gasteiger partial charge in [0.1, 0.15) is 0 Å². The third-order valence-corrected chi connectivity index (χ3v) is 6.30. The van der Waals surface area contributed by atoms with Gasteiger partial charge < -0.3 is 20.4 Å². The fourth-order valence-electron chi connectivity index (χ4n) is 4.18. The highest BCUT2D eigenvalue weighted by molar-refractivity contribution is 6.33. The molecule has 0 aliphatic carbocycles. The van der Waals surface area contributed by atoms with Crippen molar-refractivity contribution in [3.63, 3.8) is 0 Å². The van der Waals surface area contributed by atoms with E-state index in [1.165, 1.54) is 5.56 Å². The van der Waals surface area contributed by atoms with Crippen molar-refractivity contribution in [3.8, 4) is 0 Å². The van der Waals surface area contributed by atoms with Crippen molar-refractivity contribution in [1.29, 1.82) is 0 Å². The van der Waals surface area contributed by atoms with E-state index in [9.17, 15) is 9.59 Å². The molecule has 4 rings (SSSR count). The number of nitrogens with one attached hydrogen (secondary N) is 2. The summed E-state index contributed by atoms with van der Waals surface area (Å²) in [5.74, 6) is 0.105. The number of aromatic nitrogens is 1. The lowest BCUT2D eigenvalue weighted by Crippen LogP contribution is -2.46. The number of amides is 3. The zero-order valence-corrected chi connectivity index (χ0v) is 18.3. The number of piperidine rings is 1. The topological polar surface area (TPSA) is 77.6 Å². The van der Waals surface area contributed by atoms with E-state index in [-0.39, 0.29) is 18.0 Å². The second kappa shape index (κ2) is 10.1. The first kappa shape index (κ1) is 21.6. The quantitative estimate of drug-likeness (QED) is 0.716. The molecule has 0 bridgehead atoms. The average Bonchev–Trinajstić information content (AvgIpc) is 3.21. The van der Waals surface area contributed by atoms with Crippen LogP contribution in [0, 0.1) is 0 Å². The molecule has 0 saturated carbocycles. The highest BCUT2D eigenvalue weighted by atomic mass is 35.5. The molecule has 1 aromatic carbocycles. The lowest BCUT2D eigenvalue weighted by atomic mass is 10.0. The number of urea groups is 1. The zero-order chi connectivity index (χ0) is 21.6. The number of benzene rings is 1. The summed E-state index contributed by atoms with van der Waals surface area (Å²) in [4.78, 5) is 32.8. The van der Waals surface area contributed by atoms with E-state index in [2.05, 4.69) is 32.7 Å². The molecule has 2 aliphatic rings. The monoisotopic (exact) mass is 441 g/mol. The highest BCUT2D eigenvalue weighted by Gasteiger charge is 2.23. The molecule has 0 unspecified atom stereocenters. The first-order valence-corrected chi connectivity index (χ1v) is 11.2. The van der Waals surface area contributed by atoms with E-state index in [1.807, 2.05) is 18.5 Å². The minimum absolute atomic E-state index is 0.105. The second-order valence-corrected chi connectivity index (χ2v) is 8.54. The standard InChI is InChI=1S/C23H28ClN5O2/c24-20-4-3-19(29-12-1-2-22(29)30)16-21(20)27-23(31)26-18-8-14-28(15-9-18)13-7-17-5-10-25-11-6-17/h3-6,10-11,16,18H,1-2,7-9,12-15H2,(H2,26,27,31). The third kappa shape index (κ3) is 5.74. The minimum atomic E-state index is -0.262. The van der Waals surface area contributed by atoms with Crippen LogP contribution in [0.2, 0.25) is 5.02 Å². The molecule has 3 heterocycles. The van der Waals surface area contributed by atoms with Gasteiger partial charge in [-0.05, 0) is 61.6 Å². The predicted molar refractivity (Wildman–Crippen MR) is 123 cm³/mol. The lowest BCUT2D eigenvalue weighted by molar-refractivity contribution is -0.117. The molecule has 164 valence electrons. The van der Waals surface area contributed by atoms with Gasteiger partial charge in [-0.2, -0.15) is 0 Å². The number of hydrogen-bond donors (Lipinski definition) is 2. The van der Waals surface area contributed by atoms with Gasteiger partial charge in [0.2, 0.25) is 5.91 Å². The van der Waals surface area contributed by atoms with Gasteiger partial charge in [0, 0.05) is 56.7 Å². The summed E-state index contributed by atoms with van der Waals surface area (Å²) in [7, 11) is 0. The van der Waals surface area contributed by atoms with E-state index in [1.54, 1.807) is 17.0 Å². The molecule has 0 spiro atoms. The zero-order valence-electron chi connectivity index (χ0n) is 17.5. The first-order chi connectivity index (χ1) is 15.1. The Labute approximate surface area is 187 Å². The number of nitrogens with zero attached hydrogens (tertiary/aromatic N) is 3. The maximum Gasteiger partial charge on any atom is 0.319 e. The fraction of sp³-hybridized carbons (Fsp3) is 0.435. The van der Waals surface area contributed by atoms with Crippen molar-refractivity contribution in [3.05, 3.63) is 53.3 Å². The summed E-state index contributed by atoms with van der Waals surface area (Å²) in [5, 5.41) is 6.37. The van der Waals surface area contributed by atoms with Gasteiger partial charge in [0.25, 0.3) is 0 Å². The van der Waals surface area contributed by atoms with E-state index in [0.29, 0.717) is 23.7 Å². The molecule has 7 nitrogen and oxygen atoms in total. The number of pyridine rings is 1. The van der Waals surface area contributed by atoms with E-state index >= 15 is 0 Å². The van der Waals surface area contributed by atoms with Crippen molar-refractivity contribution in [2.45, 2.75) is 38.1 Å². The smallest absolute Gasteiger partial charge is 0.319 e. The van der Waals surface area contributed by atoms with Gasteiger partial charge in [-0.25, -0.2) is 4.79 Å². The van der Waals surface area contributed by atoms with Crippen LogP contribution >= 0.6 is 11.6 Å². The Hall–Kier alpha value is -2.64. The number of carbonyl (C=O) groups is 2. The molecule has 2 aliphatic heterocycles. The molecule has 31 heavy (non-hydrogen) atoms. The van der Waals surface area contributed by atoms with E-state index in [0.717, 1.165) is 51.0 Å². The summed E-state index contributed by atoms with van der Waals surface area (Å²) >= 11 is 6.27. The highest BCUT2D eigenvalue weighted by Crippen LogP contribution is 2.30. The molecular formula is C23H28ClN5O2. The average molecular weight is 442 g/mol. The largest absolute Gasteiger partial charge is 0.335 e. The van der Waals surface area contributed by atoms with Crippen LogP contribution in [0.15, 0.2) is 42.7 Å². The number of halogens is 1. The fourth-order valence-corrected chi connectivity index (χ4v) is 4.34. The summed E-state index contributed by atoms with van der Waals surface area (Å²) in [6, 6.07) is 9.29. The number of carbonyl (C=O) groups excluding carboxylic acids is 2. The van der Waals surface area contributed by atoms with Crippen molar-refractivity contribution < 1.29 is 9.59 Å². The van der Waals surface area contributed by atoms with Crippen LogP contribution in [0.3, 0.4) is 0 Å². The Morgan fingerprint density at radius 2 is 1.90 bits per heavy atom. The second-order valence-electron chi connectivity index (χ2n) is 8.13. The van der Waals surface area contributed by atoms with Crippen LogP contribution < -0.4 is 15.5 Å². The van der Waals surface area contributed by atoms with E-state index < -0.39 is 0 Å². The normalized spacial score (nSPS) is 17.7. The molecule has 3 amide bonds. The summed E-state index contributed by atoms with van der Waals surface area (Å²) in [6.07, 6.45) is 7.91. The molecule has 2 N–H and O–H groups in total. The van der Waals surface area contributed by atoms with Gasteiger partial charge in [-0.15, -0.1) is 0 Å². The van der Waals surface area contributed by atoms with Crippen LogP contribution in [0.4, 0.5) is 16.2 Å². The SMILES string of the molecule is O=C(Nc1cc(N2CCCC2=O)ccc1Cl)NC1CCN(CCc2ccncc2)CC1. The Kier molecular flexibility index (Phi) is 7.04. The van der Waals surface area contributed by atoms with Crippen LogP contribution in [-0.4, -0.2) is 54.0 Å². The molecule has 2 aromatic rings. The number of hydrogen-bond acceptors (Lipinski definition) is 4. The van der Waals surface area contributed by atoms with Crippen molar-refractivity contribution in [1.82, 2.24) is 15.2 Å². The predicted octanol–water partition coefficient (Wildman–Crippen LogP) is 3.69. The summed E-state index contributed by atoms with van der Waals surface area (Å²) in [6.45, 7) is 3.64. The van der Waals surface area contributed by atoms with Gasteiger partial charge in [-0.1, -0.05) is 11.6 Å². The molecule has 0 atom stereocenters. The number of likely N-dealkylation sites (tertiary alicyclic amines) is 1. The maximum absolute atomic E-state index is 12.5. The first-order valence-electron chi connectivity index (χ1n) is 10.9. The summed E-state index contributed by atoms with van der Waals surface area (Å²) < 4.78 is 0. The van der Waals surface area contributed by atoms with Crippen LogP contribution in [0.5, 0.6) is 0 Å². The summed E-state index contributed by atoms with van der Waals surface area (Å²) in [5.41, 5.74) is 2.58. The molecule has 2 saturated heterocycles. The van der Waals surface area contributed by atoms with E-state index in [4.69, 9.17) is 11.6 Å². The number of rotatable bonds is 6. The molecule has 0 radical (unpaired) electrons. The van der Waals surface area contributed by atoms with Gasteiger partial charge in [0.05, 0.1) is 10.7 Å². The van der Waals surface area contributed by atoms with Crippen LogP contribution in [-0.2, 0) is 11.2 Å². The number of anilines is 2. The lowest BCUT2D eigenvalue weighted by Gasteiger charge is -2.32. The van der Waals surface area contributed by atoms with Crippen molar-refractivity contribution >= 4 is 34.9 Å². The Bertz CT molecular complexity index is 915. The maximum atomic E-state index is 12.5. The van der Waals surface area contributed by atoms with Gasteiger partial charge >= 0.3 is 6.03 Å². The Morgan fingerprint density at radius 3 is 2.61 bits per heavy atom. The Morgan fingerprint density at radius 1 is 1.13 bits per heavy atom. The molecule has 8 heteroatoms. The van der Waals surface area contributed by atoms with Crippen molar-refractivity contribution in [2.75, 3.05) is 36.4 Å². The molecular weight excluding hydrogens is 414 g/mol. The van der Waals surface area contributed by atoms with Gasteiger partial charge in [0.15, 0.2) is 0 Å². The molecule has 2 fully saturated rings. The molecule has 1 aromatic heterocycles. The Balaban J connectivity index is 1.24. The minimum Gasteiger partial charge on any atom is -0.335 e. The third-order valence-electron chi connectivity index (χ3n) is 5.97.